The van der Waals surface area contributed by atoms with Gasteiger partial charge >= 0.3 is 0 Å². The van der Waals surface area contributed by atoms with Crippen LogP contribution < -0.4 is 5.32 Å². The van der Waals surface area contributed by atoms with E-state index in [4.69, 9.17) is 11.6 Å². The van der Waals surface area contributed by atoms with Crippen LogP contribution in [-0.2, 0) is 0 Å². The summed E-state index contributed by atoms with van der Waals surface area (Å²) in [5, 5.41) is 3.36. The third-order valence-corrected chi connectivity index (χ3v) is 4.18. The molecule has 0 spiro atoms. The normalized spacial score (nSPS) is 10.3. The molecule has 1 heterocycles. The standard InChI is InChI=1S/C18H20ClN3O2/c1-4-22(5-2)18(24)16-11-7-10-15(20-16)17(23)21-14-9-6-8-13(19)12(14)3/h6-11H,4-5H2,1-3H3,(H,21,23). The van der Waals surface area contributed by atoms with E-state index in [1.807, 2.05) is 20.8 Å². The highest BCUT2D eigenvalue weighted by Crippen LogP contribution is 2.23. The van der Waals surface area contributed by atoms with Gasteiger partial charge in [-0.2, -0.15) is 0 Å². The molecular formula is C18H20ClN3O2. The molecular weight excluding hydrogens is 326 g/mol. The number of halogens is 1. The van der Waals surface area contributed by atoms with Crippen molar-refractivity contribution in [3.05, 3.63) is 58.4 Å². The number of carbonyl (C=O) groups is 2. The molecule has 126 valence electrons. The van der Waals surface area contributed by atoms with Gasteiger partial charge in [0.05, 0.1) is 0 Å². The first-order chi connectivity index (χ1) is 11.5. The Morgan fingerprint density at radius 1 is 1.08 bits per heavy atom. The lowest BCUT2D eigenvalue weighted by atomic mass is 10.2. The smallest absolute Gasteiger partial charge is 0.274 e. The van der Waals surface area contributed by atoms with Gasteiger partial charge in [-0.25, -0.2) is 4.98 Å². The monoisotopic (exact) mass is 345 g/mol. The van der Waals surface area contributed by atoms with Crippen LogP contribution in [0.15, 0.2) is 36.4 Å². The van der Waals surface area contributed by atoms with Gasteiger partial charge in [-0.05, 0) is 50.6 Å². The highest BCUT2D eigenvalue weighted by atomic mass is 35.5. The van der Waals surface area contributed by atoms with Crippen molar-refractivity contribution in [1.82, 2.24) is 9.88 Å². The first-order valence-electron chi connectivity index (χ1n) is 7.80. The van der Waals surface area contributed by atoms with Gasteiger partial charge in [-0.3, -0.25) is 9.59 Å². The van der Waals surface area contributed by atoms with Crippen molar-refractivity contribution < 1.29 is 9.59 Å². The Kier molecular flexibility index (Phi) is 5.93. The predicted molar refractivity (Wildman–Crippen MR) is 95.6 cm³/mol. The highest BCUT2D eigenvalue weighted by Gasteiger charge is 2.17. The average molecular weight is 346 g/mol. The number of anilines is 1. The van der Waals surface area contributed by atoms with Crippen LogP contribution in [0, 0.1) is 6.92 Å². The molecule has 2 amide bonds. The van der Waals surface area contributed by atoms with Crippen molar-refractivity contribution in [2.45, 2.75) is 20.8 Å². The van der Waals surface area contributed by atoms with Gasteiger partial charge in [-0.1, -0.05) is 23.7 Å². The van der Waals surface area contributed by atoms with E-state index >= 15 is 0 Å². The van der Waals surface area contributed by atoms with Crippen LogP contribution in [0.2, 0.25) is 5.02 Å². The van der Waals surface area contributed by atoms with E-state index in [-0.39, 0.29) is 23.2 Å². The number of benzene rings is 1. The molecule has 0 aliphatic heterocycles. The zero-order valence-corrected chi connectivity index (χ0v) is 14.7. The predicted octanol–water partition coefficient (Wildman–Crippen LogP) is 3.78. The minimum absolute atomic E-state index is 0.186. The Balaban J connectivity index is 2.23. The summed E-state index contributed by atoms with van der Waals surface area (Å²) in [5.74, 6) is -0.567. The van der Waals surface area contributed by atoms with Crippen LogP contribution in [0.4, 0.5) is 5.69 Å². The Labute approximate surface area is 146 Å². The van der Waals surface area contributed by atoms with E-state index in [1.165, 1.54) is 0 Å². The minimum Gasteiger partial charge on any atom is -0.338 e. The summed E-state index contributed by atoms with van der Waals surface area (Å²) in [6, 6.07) is 10.1. The third-order valence-electron chi connectivity index (χ3n) is 3.77. The number of hydrogen-bond donors (Lipinski definition) is 1. The second-order valence-electron chi connectivity index (χ2n) is 5.25. The molecule has 1 aromatic carbocycles. The number of amides is 2. The fraction of sp³-hybridized carbons (Fsp3) is 0.278. The van der Waals surface area contributed by atoms with Crippen molar-refractivity contribution >= 4 is 29.1 Å². The second kappa shape index (κ2) is 7.93. The second-order valence-corrected chi connectivity index (χ2v) is 5.66. The molecule has 24 heavy (non-hydrogen) atoms. The number of rotatable bonds is 5. The SMILES string of the molecule is CCN(CC)C(=O)c1cccc(C(=O)Nc2cccc(Cl)c2C)n1. The first-order valence-corrected chi connectivity index (χ1v) is 8.18. The van der Waals surface area contributed by atoms with E-state index in [1.54, 1.807) is 41.3 Å². The van der Waals surface area contributed by atoms with E-state index in [0.29, 0.717) is 23.8 Å². The van der Waals surface area contributed by atoms with E-state index in [9.17, 15) is 9.59 Å². The number of aromatic nitrogens is 1. The molecule has 0 aliphatic rings. The van der Waals surface area contributed by atoms with Crippen LogP contribution in [0.25, 0.3) is 0 Å². The maximum Gasteiger partial charge on any atom is 0.274 e. The molecule has 2 rings (SSSR count). The van der Waals surface area contributed by atoms with Crippen LogP contribution in [0.1, 0.15) is 40.4 Å². The molecule has 0 unspecified atom stereocenters. The van der Waals surface area contributed by atoms with Gasteiger partial charge in [-0.15, -0.1) is 0 Å². The number of hydrogen-bond acceptors (Lipinski definition) is 3. The van der Waals surface area contributed by atoms with Crippen molar-refractivity contribution in [3.63, 3.8) is 0 Å². The zero-order chi connectivity index (χ0) is 17.7. The summed E-state index contributed by atoms with van der Waals surface area (Å²) < 4.78 is 0. The Morgan fingerprint density at radius 3 is 2.38 bits per heavy atom. The highest BCUT2D eigenvalue weighted by molar-refractivity contribution is 6.31. The summed E-state index contributed by atoms with van der Waals surface area (Å²) in [6.07, 6.45) is 0. The molecule has 0 bridgehead atoms. The molecule has 5 nitrogen and oxygen atoms in total. The zero-order valence-electron chi connectivity index (χ0n) is 14.0. The quantitative estimate of drug-likeness (QED) is 0.897. The van der Waals surface area contributed by atoms with E-state index < -0.39 is 0 Å². The van der Waals surface area contributed by atoms with Crippen molar-refractivity contribution in [3.8, 4) is 0 Å². The minimum atomic E-state index is -0.380. The van der Waals surface area contributed by atoms with Gasteiger partial charge in [0.1, 0.15) is 11.4 Å². The van der Waals surface area contributed by atoms with Gasteiger partial charge in [0.25, 0.3) is 11.8 Å². The Bertz CT molecular complexity index is 758. The molecule has 0 saturated heterocycles. The maximum absolute atomic E-state index is 12.4. The topological polar surface area (TPSA) is 62.3 Å². The number of nitrogens with one attached hydrogen (secondary N) is 1. The van der Waals surface area contributed by atoms with Gasteiger partial charge in [0.2, 0.25) is 0 Å². The summed E-state index contributed by atoms with van der Waals surface area (Å²) in [4.78, 5) is 30.6. The van der Waals surface area contributed by atoms with E-state index in [0.717, 1.165) is 5.56 Å². The Morgan fingerprint density at radius 2 is 1.71 bits per heavy atom. The molecule has 0 saturated carbocycles. The van der Waals surface area contributed by atoms with Crippen molar-refractivity contribution in [1.29, 1.82) is 0 Å². The van der Waals surface area contributed by atoms with Gasteiger partial charge in [0, 0.05) is 23.8 Å². The number of pyridine rings is 1. The van der Waals surface area contributed by atoms with E-state index in [2.05, 4.69) is 10.3 Å². The lowest BCUT2D eigenvalue weighted by molar-refractivity contribution is 0.0767. The summed E-state index contributed by atoms with van der Waals surface area (Å²) in [5.41, 5.74) is 1.85. The fourth-order valence-corrected chi connectivity index (χ4v) is 2.46. The van der Waals surface area contributed by atoms with Crippen LogP contribution in [0.5, 0.6) is 0 Å². The van der Waals surface area contributed by atoms with Crippen LogP contribution in [0.3, 0.4) is 0 Å². The summed E-state index contributed by atoms with van der Waals surface area (Å²) in [7, 11) is 0. The molecule has 6 heteroatoms. The third kappa shape index (κ3) is 3.92. The lowest BCUT2D eigenvalue weighted by Crippen LogP contribution is -2.31. The largest absolute Gasteiger partial charge is 0.338 e. The molecule has 2 aromatic rings. The van der Waals surface area contributed by atoms with Gasteiger partial charge in [0.15, 0.2) is 0 Å². The summed E-state index contributed by atoms with van der Waals surface area (Å²) >= 11 is 6.06. The maximum atomic E-state index is 12.4. The molecule has 0 radical (unpaired) electrons. The first kappa shape index (κ1) is 17.9. The molecule has 1 N–H and O–H groups in total. The molecule has 0 aliphatic carbocycles. The lowest BCUT2D eigenvalue weighted by Gasteiger charge is -2.18. The number of nitrogens with zero attached hydrogens (tertiary/aromatic N) is 2. The fourth-order valence-electron chi connectivity index (χ4n) is 2.28. The molecule has 0 fully saturated rings. The van der Waals surface area contributed by atoms with Gasteiger partial charge < -0.3 is 10.2 Å². The van der Waals surface area contributed by atoms with Crippen molar-refractivity contribution in [2.75, 3.05) is 18.4 Å². The number of carbonyl (C=O) groups excluding carboxylic acids is 2. The molecule has 0 atom stereocenters. The molecule has 1 aromatic heterocycles. The van der Waals surface area contributed by atoms with Crippen LogP contribution >= 0.6 is 11.6 Å². The Hall–Kier alpha value is -2.40. The van der Waals surface area contributed by atoms with Crippen molar-refractivity contribution in [2.24, 2.45) is 0 Å². The average Bonchev–Trinajstić information content (AvgIpc) is 2.60. The van der Waals surface area contributed by atoms with Crippen LogP contribution in [-0.4, -0.2) is 34.8 Å². The summed E-state index contributed by atoms with van der Waals surface area (Å²) in [6.45, 7) is 6.82.